The van der Waals surface area contributed by atoms with E-state index in [1.54, 1.807) is 0 Å². The molecule has 0 radical (unpaired) electrons. The summed E-state index contributed by atoms with van der Waals surface area (Å²) in [6.07, 6.45) is 0. The van der Waals surface area contributed by atoms with E-state index in [4.69, 9.17) is 0 Å². The molecule has 112 valence electrons. The van der Waals surface area contributed by atoms with E-state index in [9.17, 15) is 29.4 Å². The first kappa shape index (κ1) is 13.6. The Morgan fingerprint density at radius 2 is 1.11 bits per heavy atom. The normalized spacial score (nSPS) is 59.7. The third-order valence-electron chi connectivity index (χ3n) is 5.10. The minimum atomic E-state index is -8.56. The molecule has 0 saturated carbocycles. The average Bonchev–Trinajstić information content (AvgIpc) is 2.23. The van der Waals surface area contributed by atoms with Crippen LogP contribution < -0.4 is 0 Å². The summed E-state index contributed by atoms with van der Waals surface area (Å²) >= 11 is 0. The first-order valence-corrected chi connectivity index (χ1v) is 10.7. The predicted octanol–water partition coefficient (Wildman–Crippen LogP) is 4.89. The zero-order chi connectivity index (χ0) is 14.5. The first-order chi connectivity index (χ1) is 7.40. The second-order valence-corrected chi connectivity index (χ2v) is 18.4. The third-order valence-corrected chi connectivity index (χ3v) is 26.8. The van der Waals surface area contributed by atoms with Gasteiger partial charge >= 0.3 is 97.4 Å². The van der Waals surface area contributed by atoms with Crippen molar-refractivity contribution in [1.29, 1.82) is 0 Å². The Morgan fingerprint density at radius 1 is 0.833 bits per heavy atom. The van der Waals surface area contributed by atoms with Crippen LogP contribution in [0.25, 0.3) is 0 Å². The summed E-state index contributed by atoms with van der Waals surface area (Å²) in [5.74, 6) is 0. The summed E-state index contributed by atoms with van der Waals surface area (Å²) in [6.45, 7) is 0. The Kier molecular flexibility index (Phi) is 1.44. The fourth-order valence-electron chi connectivity index (χ4n) is 3.62. The van der Waals surface area contributed by atoms with E-state index in [-0.39, 0.29) is 21.1 Å². The second kappa shape index (κ2) is 1.90. The van der Waals surface area contributed by atoms with Gasteiger partial charge in [-0.3, -0.25) is 0 Å². The Morgan fingerprint density at radius 3 is 1.39 bits per heavy atom. The standard InChI is InChI=1S/C4H12F7N4P3/c1-12-16(5,6)13(2)18(9,10,11)14(3)17(12,7,8)15(16,18)4/h1-4H3. The number of nitrogens with zero attached hydrogens (tertiary/aromatic N) is 4. The van der Waals surface area contributed by atoms with Gasteiger partial charge in [0, 0.05) is 0 Å². The summed E-state index contributed by atoms with van der Waals surface area (Å²) in [5.41, 5.74) is 0. The van der Waals surface area contributed by atoms with Gasteiger partial charge in [0.1, 0.15) is 0 Å². The molecule has 0 aromatic carbocycles. The summed E-state index contributed by atoms with van der Waals surface area (Å²) in [4.78, 5) is 0. The predicted molar refractivity (Wildman–Crippen MR) is 58.0 cm³/mol. The van der Waals surface area contributed by atoms with Crippen molar-refractivity contribution >= 4 is 22.7 Å². The molecule has 18 heavy (non-hydrogen) atoms. The van der Waals surface area contributed by atoms with Crippen LogP contribution in [-0.2, 0) is 0 Å². The molecule has 3 fully saturated rings. The van der Waals surface area contributed by atoms with Crippen LogP contribution >= 0.6 is 22.7 Å². The zero-order valence-electron chi connectivity index (χ0n) is 9.78. The molecule has 3 heterocycles. The van der Waals surface area contributed by atoms with Crippen molar-refractivity contribution < 1.29 is 33.2 Å². The van der Waals surface area contributed by atoms with Crippen LogP contribution in [0.2, 0.25) is 0 Å². The summed E-state index contributed by atoms with van der Waals surface area (Å²) in [7, 11) is -21.4. The molecule has 0 aliphatic carbocycles. The molecule has 4 nitrogen and oxygen atoms in total. The average molecular weight is 342 g/mol. The van der Waals surface area contributed by atoms with Crippen molar-refractivity contribution in [2.75, 3.05) is 28.2 Å². The number of hydrogen-bond donors (Lipinski definition) is 0. The van der Waals surface area contributed by atoms with Gasteiger partial charge in [-0.25, -0.2) is 0 Å². The van der Waals surface area contributed by atoms with Crippen LogP contribution in [0.5, 0.6) is 0 Å². The maximum atomic E-state index is 14.4. The summed E-state index contributed by atoms with van der Waals surface area (Å²) < 4.78 is 94.8. The number of halogens is 7. The zero-order valence-corrected chi connectivity index (χ0v) is 12.5. The number of quaternary nitrogens is 1. The number of hydrogen-bond acceptors (Lipinski definition) is 3. The van der Waals surface area contributed by atoms with Crippen LogP contribution in [0.15, 0.2) is 0 Å². The Balaban J connectivity index is 2.47. The Hall–Kier alpha value is 0.640. The van der Waals surface area contributed by atoms with Crippen LogP contribution in [0.3, 0.4) is 0 Å². The van der Waals surface area contributed by atoms with E-state index in [1.165, 1.54) is 0 Å². The van der Waals surface area contributed by atoms with E-state index >= 15 is 0 Å². The topological polar surface area (TPSA) is 9.72 Å². The molecule has 0 aromatic rings. The fourth-order valence-corrected chi connectivity index (χ4v) is 30.7. The van der Waals surface area contributed by atoms with Gasteiger partial charge in [-0.15, -0.1) is 0 Å². The quantitative estimate of drug-likeness (QED) is 0.458. The maximum absolute atomic E-state index is 14.4. The molecular weight excluding hydrogens is 330 g/mol. The van der Waals surface area contributed by atoms with Crippen LogP contribution in [-0.4, -0.2) is 45.3 Å². The SMILES string of the molecule is CN1P2(F)(F)N(C)[P-]3(F)(F)(F)N(C)P1(F)(F)[N+]23C. The van der Waals surface area contributed by atoms with Gasteiger partial charge in [-0.2, -0.15) is 0 Å². The van der Waals surface area contributed by atoms with E-state index in [0.29, 0.717) is 7.05 Å². The Bertz CT molecular complexity index is 528. The molecule has 0 bridgehead atoms. The summed E-state index contributed by atoms with van der Waals surface area (Å²) in [6, 6.07) is 0. The minimum absolute atomic E-state index is 0.0362. The second-order valence-electron chi connectivity index (χ2n) is 5.05. The van der Waals surface area contributed by atoms with Crippen LogP contribution in [0.1, 0.15) is 0 Å². The van der Waals surface area contributed by atoms with Crippen molar-refractivity contribution in [2.45, 2.75) is 0 Å². The monoisotopic (exact) mass is 342 g/mol. The van der Waals surface area contributed by atoms with Gasteiger partial charge in [-0.05, 0) is 0 Å². The van der Waals surface area contributed by atoms with E-state index in [2.05, 4.69) is 0 Å². The molecule has 0 amide bonds. The molecular formula is C4H12F7N4P3. The van der Waals surface area contributed by atoms with Crippen molar-refractivity contribution in [2.24, 2.45) is 0 Å². The Labute approximate surface area is 98.2 Å². The van der Waals surface area contributed by atoms with Gasteiger partial charge in [0.15, 0.2) is 0 Å². The first-order valence-electron chi connectivity index (χ1n) is 4.77. The van der Waals surface area contributed by atoms with Crippen molar-refractivity contribution in [3.63, 3.8) is 0 Å². The van der Waals surface area contributed by atoms with Crippen molar-refractivity contribution in [1.82, 2.24) is 13.3 Å². The van der Waals surface area contributed by atoms with Crippen LogP contribution in [0.4, 0.5) is 29.4 Å². The molecule has 3 aliphatic rings. The molecule has 0 aromatic heterocycles. The van der Waals surface area contributed by atoms with Gasteiger partial charge in [-0.1, -0.05) is 0 Å². The van der Waals surface area contributed by atoms with E-state index in [1.807, 2.05) is 0 Å². The summed E-state index contributed by atoms with van der Waals surface area (Å²) in [5, 5.41) is 0. The molecule has 3 rings (SSSR count). The van der Waals surface area contributed by atoms with Crippen molar-refractivity contribution in [3.8, 4) is 0 Å². The van der Waals surface area contributed by atoms with Gasteiger partial charge in [0.05, 0.1) is 0 Å². The molecule has 3 aliphatic heterocycles. The molecule has 0 spiro atoms. The molecule has 14 heteroatoms. The van der Waals surface area contributed by atoms with Gasteiger partial charge in [0.25, 0.3) is 0 Å². The van der Waals surface area contributed by atoms with E-state index < -0.39 is 39.8 Å². The van der Waals surface area contributed by atoms with Crippen molar-refractivity contribution in [3.05, 3.63) is 0 Å². The third kappa shape index (κ3) is 0.485. The fraction of sp³-hybridized carbons (Fsp3) is 1.00. The van der Waals surface area contributed by atoms with Gasteiger partial charge < -0.3 is 0 Å². The number of rotatable bonds is 0. The van der Waals surface area contributed by atoms with Gasteiger partial charge in [0.2, 0.25) is 0 Å². The molecule has 0 unspecified atom stereocenters. The molecule has 0 N–H and O–H groups in total. The molecule has 0 atom stereocenters. The van der Waals surface area contributed by atoms with E-state index in [0.717, 1.165) is 0 Å². The molecule has 3 saturated heterocycles. The van der Waals surface area contributed by atoms with Crippen LogP contribution in [0, 0.1) is 0 Å².